The van der Waals surface area contributed by atoms with E-state index in [1.54, 1.807) is 30.0 Å². The molecule has 1 aliphatic heterocycles. The zero-order chi connectivity index (χ0) is 12.5. The van der Waals surface area contributed by atoms with E-state index in [4.69, 9.17) is 0 Å². The van der Waals surface area contributed by atoms with Gasteiger partial charge in [-0.2, -0.15) is 0 Å². The molecule has 0 saturated carbocycles. The summed E-state index contributed by atoms with van der Waals surface area (Å²) in [6.45, 7) is 3.87. The van der Waals surface area contributed by atoms with Gasteiger partial charge in [0.25, 0.3) is 0 Å². The van der Waals surface area contributed by atoms with E-state index < -0.39 is 0 Å². The Morgan fingerprint density at radius 2 is 2.29 bits per heavy atom. The lowest BCUT2D eigenvalue weighted by Crippen LogP contribution is -2.34. The third-order valence-corrected chi connectivity index (χ3v) is 4.68. The number of aromatic hydroxyl groups is 1. The molecular formula is C13H17NO2S. The van der Waals surface area contributed by atoms with Gasteiger partial charge in [-0.15, -0.1) is 11.8 Å². The van der Waals surface area contributed by atoms with Crippen LogP contribution in [0, 0.1) is 6.92 Å². The maximum absolute atomic E-state index is 12.2. The van der Waals surface area contributed by atoms with Gasteiger partial charge in [0, 0.05) is 5.69 Å². The van der Waals surface area contributed by atoms with Crippen LogP contribution in [-0.2, 0) is 4.79 Å². The van der Waals surface area contributed by atoms with Crippen molar-refractivity contribution in [2.45, 2.75) is 31.4 Å². The fourth-order valence-corrected chi connectivity index (χ4v) is 3.21. The Morgan fingerprint density at radius 1 is 1.53 bits per heavy atom. The van der Waals surface area contributed by atoms with Crippen molar-refractivity contribution in [1.29, 1.82) is 0 Å². The van der Waals surface area contributed by atoms with Gasteiger partial charge in [-0.3, -0.25) is 4.79 Å². The van der Waals surface area contributed by atoms with Crippen molar-refractivity contribution in [3.63, 3.8) is 0 Å². The number of aryl methyl sites for hydroxylation is 1. The van der Waals surface area contributed by atoms with Gasteiger partial charge in [0.05, 0.1) is 4.75 Å². The van der Waals surface area contributed by atoms with E-state index in [9.17, 15) is 9.90 Å². The van der Waals surface area contributed by atoms with Gasteiger partial charge in [-0.1, -0.05) is 0 Å². The van der Waals surface area contributed by atoms with Crippen LogP contribution in [0.5, 0.6) is 5.75 Å². The van der Waals surface area contributed by atoms with Crippen molar-refractivity contribution >= 4 is 23.4 Å². The lowest BCUT2D eigenvalue weighted by atomic mass is 10.0. The Morgan fingerprint density at radius 3 is 2.88 bits per heavy atom. The Bertz CT molecular complexity index is 439. The van der Waals surface area contributed by atoms with E-state index in [1.807, 2.05) is 13.8 Å². The molecule has 0 radical (unpaired) electrons. The summed E-state index contributed by atoms with van der Waals surface area (Å²) >= 11 is 1.72. The highest BCUT2D eigenvalue weighted by molar-refractivity contribution is 8.01. The van der Waals surface area contributed by atoms with Gasteiger partial charge in [0.15, 0.2) is 0 Å². The molecule has 1 unspecified atom stereocenters. The molecule has 1 aromatic rings. The Hall–Kier alpha value is -1.16. The first kappa shape index (κ1) is 12.3. The summed E-state index contributed by atoms with van der Waals surface area (Å²) < 4.78 is -0.301. The van der Waals surface area contributed by atoms with Crippen LogP contribution in [0.4, 0.5) is 5.69 Å². The Kier molecular flexibility index (Phi) is 3.33. The van der Waals surface area contributed by atoms with Crippen molar-refractivity contribution in [3.8, 4) is 5.75 Å². The van der Waals surface area contributed by atoms with Crippen LogP contribution in [0.1, 0.15) is 25.3 Å². The fourth-order valence-electron chi connectivity index (χ4n) is 2.00. The third-order valence-electron chi connectivity index (χ3n) is 3.16. The van der Waals surface area contributed by atoms with Crippen LogP contribution >= 0.6 is 11.8 Å². The predicted octanol–water partition coefficient (Wildman–Crippen LogP) is 2.92. The molecule has 3 nitrogen and oxygen atoms in total. The van der Waals surface area contributed by atoms with Gasteiger partial charge in [0.1, 0.15) is 5.75 Å². The number of thioether (sulfide) groups is 1. The zero-order valence-corrected chi connectivity index (χ0v) is 10.9. The number of benzene rings is 1. The summed E-state index contributed by atoms with van der Waals surface area (Å²) in [5.41, 5.74) is 1.66. The van der Waals surface area contributed by atoms with Crippen molar-refractivity contribution in [1.82, 2.24) is 0 Å². The molecule has 4 heteroatoms. The monoisotopic (exact) mass is 251 g/mol. The van der Waals surface area contributed by atoms with E-state index in [2.05, 4.69) is 5.32 Å². The molecule has 1 aromatic carbocycles. The number of rotatable bonds is 2. The van der Waals surface area contributed by atoms with Crippen LogP contribution in [0.3, 0.4) is 0 Å². The summed E-state index contributed by atoms with van der Waals surface area (Å²) in [6, 6.07) is 4.98. The maximum atomic E-state index is 12.2. The van der Waals surface area contributed by atoms with Gasteiger partial charge in [-0.05, 0) is 56.2 Å². The lowest BCUT2D eigenvalue weighted by Gasteiger charge is -2.22. The highest BCUT2D eigenvalue weighted by Gasteiger charge is 2.37. The summed E-state index contributed by atoms with van der Waals surface area (Å²) in [5, 5.41) is 12.3. The van der Waals surface area contributed by atoms with E-state index in [1.165, 1.54) is 0 Å². The number of hydrogen-bond acceptors (Lipinski definition) is 3. The number of anilines is 1. The van der Waals surface area contributed by atoms with E-state index >= 15 is 0 Å². The average Bonchev–Trinajstić information content (AvgIpc) is 2.71. The molecule has 1 aliphatic rings. The molecule has 1 fully saturated rings. The van der Waals surface area contributed by atoms with Gasteiger partial charge in [0.2, 0.25) is 5.91 Å². The zero-order valence-electron chi connectivity index (χ0n) is 10.1. The second-order valence-electron chi connectivity index (χ2n) is 4.64. The smallest absolute Gasteiger partial charge is 0.240 e. The van der Waals surface area contributed by atoms with Crippen LogP contribution in [0.25, 0.3) is 0 Å². The molecule has 1 saturated heterocycles. The molecule has 92 valence electrons. The third kappa shape index (κ3) is 2.57. The van der Waals surface area contributed by atoms with Gasteiger partial charge < -0.3 is 10.4 Å². The molecule has 0 aromatic heterocycles. The maximum Gasteiger partial charge on any atom is 0.240 e. The van der Waals surface area contributed by atoms with Gasteiger partial charge in [-0.25, -0.2) is 0 Å². The van der Waals surface area contributed by atoms with Crippen molar-refractivity contribution in [2.24, 2.45) is 0 Å². The first-order valence-corrected chi connectivity index (χ1v) is 6.75. The first-order valence-electron chi connectivity index (χ1n) is 5.76. The number of amides is 1. The topological polar surface area (TPSA) is 49.3 Å². The van der Waals surface area contributed by atoms with Crippen LogP contribution in [0.15, 0.2) is 18.2 Å². The molecule has 2 rings (SSSR count). The molecule has 17 heavy (non-hydrogen) atoms. The number of hydrogen-bond donors (Lipinski definition) is 2. The van der Waals surface area contributed by atoms with Crippen LogP contribution in [-0.4, -0.2) is 21.5 Å². The minimum absolute atomic E-state index is 0.0637. The molecule has 0 bridgehead atoms. The number of carbonyl (C=O) groups excluding carboxylic acids is 1. The van der Waals surface area contributed by atoms with Crippen molar-refractivity contribution < 1.29 is 9.90 Å². The lowest BCUT2D eigenvalue weighted by molar-refractivity contribution is -0.118. The summed E-state index contributed by atoms with van der Waals surface area (Å²) in [4.78, 5) is 12.2. The molecule has 2 N–H and O–H groups in total. The molecule has 0 aliphatic carbocycles. The van der Waals surface area contributed by atoms with Crippen molar-refractivity contribution in [3.05, 3.63) is 23.8 Å². The van der Waals surface area contributed by atoms with Gasteiger partial charge >= 0.3 is 0 Å². The minimum atomic E-state index is -0.301. The Balaban J connectivity index is 2.13. The summed E-state index contributed by atoms with van der Waals surface area (Å²) in [6.07, 6.45) is 2.03. The predicted molar refractivity (Wildman–Crippen MR) is 71.6 cm³/mol. The number of phenolic OH excluding ortho intramolecular Hbond substituents is 1. The first-order chi connectivity index (χ1) is 8.01. The SMILES string of the molecule is Cc1cc(O)ccc1NC(=O)C1(C)CCCS1. The summed E-state index contributed by atoms with van der Waals surface area (Å²) in [5.74, 6) is 1.34. The van der Waals surface area contributed by atoms with Crippen LogP contribution in [0.2, 0.25) is 0 Å². The van der Waals surface area contributed by atoms with E-state index in [0.717, 1.165) is 29.8 Å². The standard InChI is InChI=1S/C13H17NO2S/c1-9-8-10(15)4-5-11(9)14-12(16)13(2)6-3-7-17-13/h4-5,8,15H,3,6-7H2,1-2H3,(H,14,16). The molecule has 1 heterocycles. The quantitative estimate of drug-likeness (QED) is 0.795. The number of carbonyl (C=O) groups is 1. The number of phenols is 1. The Labute approximate surface area is 106 Å². The molecular weight excluding hydrogens is 234 g/mol. The highest BCUT2D eigenvalue weighted by Crippen LogP contribution is 2.38. The fraction of sp³-hybridized carbons (Fsp3) is 0.462. The van der Waals surface area contributed by atoms with Crippen molar-refractivity contribution in [2.75, 3.05) is 11.1 Å². The molecule has 0 spiro atoms. The second kappa shape index (κ2) is 4.61. The second-order valence-corrected chi connectivity index (χ2v) is 6.23. The van der Waals surface area contributed by atoms with Crippen LogP contribution < -0.4 is 5.32 Å². The largest absolute Gasteiger partial charge is 0.508 e. The van der Waals surface area contributed by atoms with E-state index in [-0.39, 0.29) is 16.4 Å². The molecule has 1 atom stereocenters. The highest BCUT2D eigenvalue weighted by atomic mass is 32.2. The number of nitrogens with one attached hydrogen (secondary N) is 1. The van der Waals surface area contributed by atoms with E-state index in [0.29, 0.717) is 0 Å². The minimum Gasteiger partial charge on any atom is -0.508 e. The normalized spacial score (nSPS) is 23.6. The average molecular weight is 251 g/mol. The molecule has 1 amide bonds. The summed E-state index contributed by atoms with van der Waals surface area (Å²) in [7, 11) is 0.